The molecule has 4 rings (SSSR count). The molecule has 0 saturated heterocycles. The monoisotopic (exact) mass is 672 g/mol. The van der Waals surface area contributed by atoms with Gasteiger partial charge in [-0.3, -0.25) is 0 Å². The van der Waals surface area contributed by atoms with Crippen LogP contribution in [0.15, 0.2) is 21.1 Å². The fraction of sp³-hybridized carbons (Fsp3) is 0.400. The normalized spacial score (nSPS) is 28.0. The molecular weight excluding hydrogens is 658 g/mol. The zero-order chi connectivity index (χ0) is 11.9. The van der Waals surface area contributed by atoms with Gasteiger partial charge in [-0.05, 0) is 0 Å². The van der Waals surface area contributed by atoms with Gasteiger partial charge in [0.2, 0.25) is 0 Å². The van der Waals surface area contributed by atoms with Gasteiger partial charge >= 0.3 is 156 Å². The summed E-state index contributed by atoms with van der Waals surface area (Å²) in [4.78, 5) is 0. The molecule has 0 nitrogen and oxygen atoms in total. The van der Waals surface area contributed by atoms with Crippen molar-refractivity contribution in [3.05, 3.63) is 21.1 Å². The van der Waals surface area contributed by atoms with E-state index in [-0.39, 0.29) is 0 Å². The third kappa shape index (κ3) is 3.05. The van der Waals surface area contributed by atoms with Crippen molar-refractivity contribution in [2.24, 2.45) is 0 Å². The van der Waals surface area contributed by atoms with Gasteiger partial charge in [0.1, 0.15) is 0 Å². The molecule has 0 radical (unpaired) electrons. The molecule has 0 atom stereocenters. The fourth-order valence-corrected chi connectivity index (χ4v) is 36.3. The first kappa shape index (κ1) is 14.6. The van der Waals surface area contributed by atoms with Crippen LogP contribution in [0.5, 0.6) is 0 Å². The summed E-state index contributed by atoms with van der Waals surface area (Å²) in [5.41, 5.74) is 0. The zero-order valence-electron chi connectivity index (χ0n) is 9.09. The summed E-state index contributed by atoms with van der Waals surface area (Å²) in [5.74, 6) is 2.75. The Morgan fingerprint density at radius 3 is 1.67 bits per heavy atom. The second-order valence-corrected chi connectivity index (χ2v) is 25.3. The van der Waals surface area contributed by atoms with Crippen molar-refractivity contribution in [2.45, 2.75) is 10.6 Å². The molecule has 96 valence electrons. The second-order valence-electron chi connectivity index (χ2n) is 3.53. The Bertz CT molecular complexity index is 411. The summed E-state index contributed by atoms with van der Waals surface area (Å²) in [7, 11) is 0. The second kappa shape index (κ2) is 6.65. The summed E-state index contributed by atoms with van der Waals surface area (Å²) in [5, 5.41) is 3.14. The molecule has 0 N–H and O–H groups in total. The van der Waals surface area contributed by atoms with E-state index in [0.29, 0.717) is 0 Å². The van der Waals surface area contributed by atoms with E-state index in [1.165, 1.54) is 11.5 Å². The van der Waals surface area contributed by atoms with E-state index in [1.54, 1.807) is 10.6 Å². The van der Waals surface area contributed by atoms with Crippen molar-refractivity contribution in [3.8, 4) is 0 Å². The molecule has 0 aliphatic carbocycles. The van der Waals surface area contributed by atoms with Crippen LogP contribution in [-0.4, -0.2) is 101 Å². The van der Waals surface area contributed by atoms with Crippen LogP contribution in [-0.2, 0) is 0 Å². The van der Waals surface area contributed by atoms with Crippen LogP contribution >= 0.6 is 23.5 Å². The summed E-state index contributed by atoms with van der Waals surface area (Å²) in [6, 6.07) is 0. The van der Waals surface area contributed by atoms with E-state index in [2.05, 4.69) is 23.5 Å². The predicted molar refractivity (Wildman–Crippen MR) is 90.1 cm³/mol. The molecule has 0 aromatic rings. The molecular formula is C10H8S2Se6. The zero-order valence-corrected chi connectivity index (χ0v) is 21.0. The van der Waals surface area contributed by atoms with E-state index in [1.807, 2.05) is 21.1 Å². The summed E-state index contributed by atoms with van der Waals surface area (Å²) in [6.45, 7) is 0. The first-order valence-electron chi connectivity index (χ1n) is 5.35. The van der Waals surface area contributed by atoms with Gasteiger partial charge in [-0.2, -0.15) is 0 Å². The van der Waals surface area contributed by atoms with Gasteiger partial charge in [0.05, 0.1) is 0 Å². The maximum absolute atomic E-state index is 2.20. The Morgan fingerprint density at radius 1 is 0.611 bits per heavy atom. The van der Waals surface area contributed by atoms with E-state index in [0.717, 1.165) is 89.7 Å². The maximum atomic E-state index is 2.20. The van der Waals surface area contributed by atoms with Gasteiger partial charge in [0, 0.05) is 0 Å². The minimum absolute atomic E-state index is 0.779. The fourth-order valence-electron chi connectivity index (χ4n) is 1.60. The Morgan fingerprint density at radius 2 is 1.11 bits per heavy atom. The van der Waals surface area contributed by atoms with Crippen molar-refractivity contribution >= 4 is 113 Å². The van der Waals surface area contributed by atoms with Crippen LogP contribution in [0, 0.1) is 0 Å². The van der Waals surface area contributed by atoms with Gasteiger partial charge < -0.3 is 0 Å². The molecule has 4 aliphatic heterocycles. The molecule has 0 aromatic heterocycles. The van der Waals surface area contributed by atoms with Gasteiger partial charge in [0.25, 0.3) is 0 Å². The molecule has 4 heterocycles. The van der Waals surface area contributed by atoms with Gasteiger partial charge in [-0.1, -0.05) is 0 Å². The van der Waals surface area contributed by atoms with E-state index >= 15 is 0 Å². The SMILES string of the molecule is C1CSC2=C(S1)[Se]C(=C1[Se]C3=C([Se]CC[Se]3)[Se]1)[Se]2. The van der Waals surface area contributed by atoms with E-state index in [9.17, 15) is 0 Å². The van der Waals surface area contributed by atoms with Crippen LogP contribution in [0.4, 0.5) is 0 Å². The van der Waals surface area contributed by atoms with Crippen LogP contribution < -0.4 is 0 Å². The first-order chi connectivity index (χ1) is 8.90. The van der Waals surface area contributed by atoms with Gasteiger partial charge in [-0.25, -0.2) is 0 Å². The molecule has 0 fully saturated rings. The Kier molecular flexibility index (Phi) is 5.40. The number of hydrogen-bond acceptors (Lipinski definition) is 2. The standard InChI is InChI=1S/C10H8S2Se6/c1-2-12-6-5(11-1)15-9(16-6)10-17-7-8(18-10)14-4-3-13-7/h1-4H2. The van der Waals surface area contributed by atoms with Gasteiger partial charge in [-0.15, -0.1) is 0 Å². The Hall–Kier alpha value is 3.04. The van der Waals surface area contributed by atoms with Crippen molar-refractivity contribution < 1.29 is 0 Å². The molecule has 8 heteroatoms. The van der Waals surface area contributed by atoms with Crippen molar-refractivity contribution in [1.82, 2.24) is 0 Å². The molecule has 18 heavy (non-hydrogen) atoms. The summed E-state index contributed by atoms with van der Waals surface area (Å²) < 4.78 is 11.8. The molecule has 0 unspecified atom stereocenters. The molecule has 0 bridgehead atoms. The molecule has 4 aliphatic rings. The van der Waals surface area contributed by atoms with Crippen molar-refractivity contribution in [3.63, 3.8) is 0 Å². The van der Waals surface area contributed by atoms with Crippen molar-refractivity contribution in [2.75, 3.05) is 11.5 Å². The average Bonchev–Trinajstić information content (AvgIpc) is 3.02. The molecule has 0 saturated carbocycles. The quantitative estimate of drug-likeness (QED) is 0.354. The Labute approximate surface area is 154 Å². The number of rotatable bonds is 0. The van der Waals surface area contributed by atoms with Crippen LogP contribution in [0.3, 0.4) is 0 Å². The minimum atomic E-state index is 0.779. The predicted octanol–water partition coefficient (Wildman–Crippen LogP) is 0.949. The van der Waals surface area contributed by atoms with E-state index < -0.39 is 0 Å². The van der Waals surface area contributed by atoms with Crippen LogP contribution in [0.25, 0.3) is 0 Å². The third-order valence-corrected chi connectivity index (χ3v) is 32.8. The first-order valence-corrected chi connectivity index (χ1v) is 18.3. The molecule has 0 amide bonds. The number of hydrogen-bond donors (Lipinski definition) is 0. The van der Waals surface area contributed by atoms with E-state index in [4.69, 9.17) is 0 Å². The Balaban J connectivity index is 1.54. The topological polar surface area (TPSA) is 0 Å². The summed E-state index contributed by atoms with van der Waals surface area (Å²) >= 11 is 9.50. The van der Waals surface area contributed by atoms with Crippen LogP contribution in [0.1, 0.15) is 0 Å². The molecule has 0 aromatic carbocycles. The summed E-state index contributed by atoms with van der Waals surface area (Å²) in [6.07, 6.45) is 0. The third-order valence-electron chi connectivity index (χ3n) is 2.34. The molecule has 0 spiro atoms. The number of thioether (sulfide) groups is 2. The van der Waals surface area contributed by atoms with Gasteiger partial charge in [0.15, 0.2) is 0 Å². The average molecular weight is 666 g/mol. The van der Waals surface area contributed by atoms with Crippen molar-refractivity contribution in [1.29, 1.82) is 0 Å². The van der Waals surface area contributed by atoms with Crippen LogP contribution in [0.2, 0.25) is 10.6 Å².